The van der Waals surface area contributed by atoms with Gasteiger partial charge in [0.1, 0.15) is 6.54 Å². The smallest absolute Gasteiger partial charge is 0.414 e. The Labute approximate surface area is 110 Å². The molecule has 0 aromatic heterocycles. The van der Waals surface area contributed by atoms with Gasteiger partial charge in [-0.05, 0) is 13.8 Å². The van der Waals surface area contributed by atoms with E-state index in [0.717, 1.165) is 12.2 Å². The Kier molecular flexibility index (Phi) is 8.42. The van der Waals surface area contributed by atoms with Crippen LogP contribution in [0.5, 0.6) is 0 Å². The van der Waals surface area contributed by atoms with Crippen LogP contribution in [-0.2, 0) is 23.9 Å². The molecule has 0 bridgehead atoms. The molecule has 8 nitrogen and oxygen atoms in total. The minimum atomic E-state index is -0.899. The maximum absolute atomic E-state index is 11.2. The molecule has 0 aromatic rings. The summed E-state index contributed by atoms with van der Waals surface area (Å²) in [6.07, 6.45) is 0.828. The van der Waals surface area contributed by atoms with Crippen LogP contribution in [0.15, 0.2) is 12.2 Å². The van der Waals surface area contributed by atoms with Crippen LogP contribution in [0, 0.1) is 0 Å². The largest absolute Gasteiger partial charge is 0.465 e. The molecule has 0 aromatic carbocycles. The number of hydrogen-bond acceptors (Lipinski definition) is 6. The van der Waals surface area contributed by atoms with Gasteiger partial charge in [0, 0.05) is 12.2 Å². The summed E-state index contributed by atoms with van der Waals surface area (Å²) in [5.74, 6) is -2.04. The van der Waals surface area contributed by atoms with Crippen LogP contribution in [0.4, 0.5) is 4.79 Å². The van der Waals surface area contributed by atoms with Crippen molar-refractivity contribution in [2.75, 3.05) is 19.8 Å². The maximum atomic E-state index is 11.2. The second kappa shape index (κ2) is 9.63. The van der Waals surface area contributed by atoms with Crippen molar-refractivity contribution in [3.63, 3.8) is 0 Å². The molecule has 0 saturated carbocycles. The number of carbonyl (C=O) groups excluding carboxylic acids is 4. The lowest BCUT2D eigenvalue weighted by Crippen LogP contribution is -2.31. The molecule has 0 aliphatic heterocycles. The van der Waals surface area contributed by atoms with E-state index < -0.39 is 23.9 Å². The van der Waals surface area contributed by atoms with Gasteiger partial charge in [-0.2, -0.15) is 0 Å². The van der Waals surface area contributed by atoms with Crippen LogP contribution >= 0.6 is 0 Å². The molecule has 19 heavy (non-hydrogen) atoms. The first-order valence-corrected chi connectivity index (χ1v) is 5.58. The average Bonchev–Trinajstić information content (AvgIpc) is 2.34. The number of ether oxygens (including phenoxy) is 2. The molecule has 0 radical (unpaired) electrons. The lowest BCUT2D eigenvalue weighted by Gasteiger charge is -2.02. The molecule has 0 rings (SSSR count). The maximum Gasteiger partial charge on any atom is 0.414 e. The Bertz CT molecular complexity index is 377. The topological polar surface area (TPSA) is 111 Å². The molecule has 0 fully saturated rings. The number of imide groups is 1. The van der Waals surface area contributed by atoms with E-state index in [4.69, 9.17) is 0 Å². The minimum absolute atomic E-state index is 0.128. The highest BCUT2D eigenvalue weighted by atomic mass is 16.5. The number of carbonyl (C=O) groups is 4. The van der Waals surface area contributed by atoms with E-state index in [1.807, 2.05) is 5.32 Å². The van der Waals surface area contributed by atoms with E-state index in [1.165, 1.54) is 0 Å². The molecule has 2 N–H and O–H groups in total. The predicted molar refractivity (Wildman–Crippen MR) is 63.9 cm³/mol. The first kappa shape index (κ1) is 16.6. The van der Waals surface area contributed by atoms with E-state index in [-0.39, 0.29) is 19.8 Å². The summed E-state index contributed by atoms with van der Waals surface area (Å²) >= 11 is 0. The second-order valence-electron chi connectivity index (χ2n) is 3.07. The number of amides is 3. The zero-order valence-electron chi connectivity index (χ0n) is 10.7. The van der Waals surface area contributed by atoms with Crippen molar-refractivity contribution in [2.45, 2.75) is 13.8 Å². The first-order valence-electron chi connectivity index (χ1n) is 5.58. The molecular weight excluding hydrogens is 256 g/mol. The number of hydrogen-bond donors (Lipinski definition) is 2. The summed E-state index contributed by atoms with van der Waals surface area (Å²) in [6.45, 7) is 3.27. The summed E-state index contributed by atoms with van der Waals surface area (Å²) in [6, 6.07) is 0. The Hall–Kier alpha value is -2.38. The van der Waals surface area contributed by atoms with E-state index in [9.17, 15) is 19.2 Å². The fourth-order valence-electron chi connectivity index (χ4n) is 0.891. The molecule has 0 spiro atoms. The van der Waals surface area contributed by atoms with Gasteiger partial charge in [-0.25, -0.2) is 4.79 Å². The summed E-state index contributed by atoms with van der Waals surface area (Å²) < 4.78 is 9.04. The van der Waals surface area contributed by atoms with Crippen LogP contribution in [0.25, 0.3) is 0 Å². The lowest BCUT2D eigenvalue weighted by molar-refractivity contribution is -0.143. The van der Waals surface area contributed by atoms with Crippen molar-refractivity contribution < 1.29 is 28.7 Å². The third kappa shape index (κ3) is 9.33. The van der Waals surface area contributed by atoms with E-state index in [0.29, 0.717) is 0 Å². The summed E-state index contributed by atoms with van der Waals surface area (Å²) in [7, 11) is 0. The number of nitrogens with one attached hydrogen (secondary N) is 2. The highest BCUT2D eigenvalue weighted by Crippen LogP contribution is 1.81. The summed E-state index contributed by atoms with van der Waals surface area (Å²) in [5.41, 5.74) is 0. The van der Waals surface area contributed by atoms with Gasteiger partial charge in [-0.3, -0.25) is 19.7 Å². The Morgan fingerprint density at radius 1 is 0.947 bits per heavy atom. The van der Waals surface area contributed by atoms with Gasteiger partial charge in [-0.1, -0.05) is 0 Å². The lowest BCUT2D eigenvalue weighted by atomic mass is 10.4. The molecule has 0 aliphatic carbocycles. The van der Waals surface area contributed by atoms with Crippen molar-refractivity contribution in [3.05, 3.63) is 12.2 Å². The summed E-state index contributed by atoms with van der Waals surface area (Å²) in [5, 5.41) is 4.07. The van der Waals surface area contributed by atoms with Crippen molar-refractivity contribution in [1.29, 1.82) is 0 Å². The molecule has 0 atom stereocenters. The van der Waals surface area contributed by atoms with E-state index >= 15 is 0 Å². The van der Waals surface area contributed by atoms with Gasteiger partial charge in [0.25, 0.3) is 5.91 Å². The van der Waals surface area contributed by atoms with Crippen molar-refractivity contribution >= 4 is 23.9 Å². The van der Waals surface area contributed by atoms with E-state index in [2.05, 4.69) is 14.8 Å². The predicted octanol–water partition coefficient (Wildman–Crippen LogP) is -0.505. The monoisotopic (exact) mass is 272 g/mol. The molecule has 0 saturated heterocycles. The van der Waals surface area contributed by atoms with Crippen molar-refractivity contribution in [2.24, 2.45) is 0 Å². The molecule has 106 valence electrons. The van der Waals surface area contributed by atoms with Crippen molar-refractivity contribution in [1.82, 2.24) is 10.6 Å². The molecule has 0 heterocycles. The average molecular weight is 272 g/mol. The minimum Gasteiger partial charge on any atom is -0.465 e. The van der Waals surface area contributed by atoms with E-state index in [1.54, 1.807) is 13.8 Å². The molecule has 3 amide bonds. The Morgan fingerprint density at radius 2 is 1.53 bits per heavy atom. The third-order valence-electron chi connectivity index (χ3n) is 1.60. The molecular formula is C11H16N2O6. The number of alkyl carbamates (subject to hydrolysis) is 1. The molecule has 0 aliphatic rings. The fraction of sp³-hybridized carbons (Fsp3) is 0.455. The van der Waals surface area contributed by atoms with Crippen LogP contribution in [0.1, 0.15) is 13.8 Å². The standard InChI is InChI=1S/C11H16N2O6/c1-3-18-10(16)7-12-8(14)5-6-9(15)13-11(17)19-4-2/h5-6H,3-4,7H2,1-2H3,(H,12,14)(H,13,15,17)/b6-5-. The number of rotatable bonds is 6. The van der Waals surface area contributed by atoms with Crippen LogP contribution in [0.2, 0.25) is 0 Å². The normalized spacial score (nSPS) is 9.79. The first-order chi connectivity index (χ1) is 8.99. The Balaban J connectivity index is 3.97. The van der Waals surface area contributed by atoms with Crippen molar-refractivity contribution in [3.8, 4) is 0 Å². The third-order valence-corrected chi connectivity index (χ3v) is 1.60. The second-order valence-corrected chi connectivity index (χ2v) is 3.07. The quantitative estimate of drug-likeness (QED) is 0.498. The van der Waals surface area contributed by atoms with Crippen LogP contribution in [0.3, 0.4) is 0 Å². The van der Waals surface area contributed by atoms with Gasteiger partial charge < -0.3 is 14.8 Å². The molecule has 8 heteroatoms. The van der Waals surface area contributed by atoms with Gasteiger partial charge in [0.05, 0.1) is 13.2 Å². The number of esters is 1. The van der Waals surface area contributed by atoms with Gasteiger partial charge >= 0.3 is 12.1 Å². The van der Waals surface area contributed by atoms with Crippen LogP contribution in [-0.4, -0.2) is 43.6 Å². The zero-order chi connectivity index (χ0) is 14.7. The summed E-state index contributed by atoms with van der Waals surface area (Å²) in [4.78, 5) is 44.0. The molecule has 0 unspecified atom stereocenters. The Morgan fingerprint density at radius 3 is 2.11 bits per heavy atom. The van der Waals surface area contributed by atoms with Crippen LogP contribution < -0.4 is 10.6 Å². The van der Waals surface area contributed by atoms with Gasteiger partial charge in [0.15, 0.2) is 0 Å². The zero-order valence-corrected chi connectivity index (χ0v) is 10.7. The van der Waals surface area contributed by atoms with Gasteiger partial charge in [-0.15, -0.1) is 0 Å². The fourth-order valence-corrected chi connectivity index (χ4v) is 0.891. The van der Waals surface area contributed by atoms with Gasteiger partial charge in [0.2, 0.25) is 5.91 Å². The highest BCUT2D eigenvalue weighted by molar-refractivity contribution is 6.02. The highest BCUT2D eigenvalue weighted by Gasteiger charge is 2.06. The SMILES string of the molecule is CCOC(=O)CNC(=O)/C=C\C(=O)NC(=O)OCC.